The molecule has 0 amide bonds. The zero-order valence-corrected chi connectivity index (χ0v) is 14.1. The van der Waals surface area contributed by atoms with Gasteiger partial charge in [-0.2, -0.15) is 0 Å². The Balaban J connectivity index is 2.12. The van der Waals surface area contributed by atoms with Gasteiger partial charge in [0.05, 0.1) is 6.85 Å². The van der Waals surface area contributed by atoms with Crippen LogP contribution in [0.4, 0.5) is 0 Å². The van der Waals surface area contributed by atoms with E-state index in [0.717, 1.165) is 16.7 Å². The Labute approximate surface area is 160 Å². The Kier molecular flexibility index (Phi) is 3.04. The summed E-state index contributed by atoms with van der Waals surface area (Å²) in [7, 11) is 0. The number of hydrogen-bond acceptors (Lipinski definition) is 0. The SMILES string of the molecule is [2H]c1c([2H])c([2H])c(-c2cc(-c3ccccc3)cc(Cl)c2-c2ccccc2)c([2H])c1[2H]. The van der Waals surface area contributed by atoms with Gasteiger partial charge in [0.1, 0.15) is 0 Å². The minimum Gasteiger partial charge on any atom is -0.0836 e. The summed E-state index contributed by atoms with van der Waals surface area (Å²) >= 11 is 6.73. The summed E-state index contributed by atoms with van der Waals surface area (Å²) in [5, 5.41) is 0.448. The lowest BCUT2D eigenvalue weighted by Gasteiger charge is -2.15. The summed E-state index contributed by atoms with van der Waals surface area (Å²) in [4.78, 5) is 0. The Morgan fingerprint density at radius 3 is 1.84 bits per heavy atom. The van der Waals surface area contributed by atoms with Crippen molar-refractivity contribution in [1.82, 2.24) is 0 Å². The fourth-order valence-electron chi connectivity index (χ4n) is 2.88. The quantitative estimate of drug-likeness (QED) is 0.364. The van der Waals surface area contributed by atoms with Crippen LogP contribution in [0.25, 0.3) is 33.4 Å². The Hall–Kier alpha value is -2.83. The minimum absolute atomic E-state index is 0.138. The minimum atomic E-state index is -0.416. The zero-order chi connectivity index (χ0) is 21.4. The summed E-state index contributed by atoms with van der Waals surface area (Å²) in [6, 6.07) is 21.1. The fourth-order valence-corrected chi connectivity index (χ4v) is 3.21. The highest BCUT2D eigenvalue weighted by molar-refractivity contribution is 6.34. The van der Waals surface area contributed by atoms with Crippen molar-refractivity contribution >= 4 is 11.6 Å². The van der Waals surface area contributed by atoms with Gasteiger partial charge < -0.3 is 0 Å². The van der Waals surface area contributed by atoms with Crippen LogP contribution >= 0.6 is 11.6 Å². The molecule has 0 aliphatic carbocycles. The van der Waals surface area contributed by atoms with Crippen LogP contribution in [0, 0.1) is 0 Å². The van der Waals surface area contributed by atoms with Gasteiger partial charge in [0.25, 0.3) is 0 Å². The first-order valence-electron chi connectivity index (χ1n) is 10.4. The second kappa shape index (κ2) is 6.96. The maximum atomic E-state index is 8.46. The van der Waals surface area contributed by atoms with E-state index >= 15 is 0 Å². The maximum absolute atomic E-state index is 8.46. The molecule has 4 aromatic rings. The van der Waals surface area contributed by atoms with Crippen LogP contribution in [0.15, 0.2) is 103 Å². The second-order valence-corrected chi connectivity index (χ2v) is 6.02. The fraction of sp³-hybridized carbons (Fsp3) is 0. The van der Waals surface area contributed by atoms with Crippen LogP contribution in [-0.2, 0) is 0 Å². The summed E-state index contributed by atoms with van der Waals surface area (Å²) in [5.74, 6) is 0. The van der Waals surface area contributed by atoms with E-state index in [1.165, 1.54) is 0 Å². The van der Waals surface area contributed by atoms with E-state index in [4.69, 9.17) is 18.5 Å². The third-order valence-corrected chi connectivity index (χ3v) is 4.33. The van der Waals surface area contributed by atoms with Crippen molar-refractivity contribution in [3.63, 3.8) is 0 Å². The van der Waals surface area contributed by atoms with Crippen molar-refractivity contribution in [2.75, 3.05) is 0 Å². The molecule has 0 radical (unpaired) electrons. The lowest BCUT2D eigenvalue weighted by molar-refractivity contribution is 1.56. The number of hydrogen-bond donors (Lipinski definition) is 0. The van der Waals surface area contributed by atoms with Gasteiger partial charge in [0, 0.05) is 10.6 Å². The lowest BCUT2D eigenvalue weighted by atomic mass is 9.91. The van der Waals surface area contributed by atoms with Gasteiger partial charge >= 0.3 is 0 Å². The molecule has 1 heteroatoms. The molecule has 0 fully saturated rings. The van der Waals surface area contributed by atoms with E-state index in [9.17, 15) is 0 Å². The van der Waals surface area contributed by atoms with Gasteiger partial charge in [-0.15, -0.1) is 0 Å². The maximum Gasteiger partial charge on any atom is 0.0629 e. The summed E-state index contributed by atoms with van der Waals surface area (Å²) < 4.78 is 41.0. The molecule has 0 saturated heterocycles. The largest absolute Gasteiger partial charge is 0.0836 e. The number of halogens is 1. The standard InChI is InChI=1S/C24H17Cl/c25-23-17-21(18-10-4-1-5-11-18)16-22(19-12-6-2-7-13-19)24(23)20-14-8-3-9-15-20/h1-17H/i2D,6D,7D,12D,13D. The average molecular weight is 346 g/mol. The Morgan fingerprint density at radius 2 is 1.20 bits per heavy atom. The first kappa shape index (κ1) is 10.9. The third-order valence-electron chi connectivity index (χ3n) is 4.03. The molecule has 0 aliphatic rings. The highest BCUT2D eigenvalue weighted by Gasteiger charge is 2.14. The zero-order valence-electron chi connectivity index (χ0n) is 18.3. The first-order valence-corrected chi connectivity index (χ1v) is 8.29. The molecule has 0 nitrogen and oxygen atoms in total. The van der Waals surface area contributed by atoms with E-state index in [0.29, 0.717) is 16.1 Å². The van der Waals surface area contributed by atoms with Crippen LogP contribution in [-0.4, -0.2) is 0 Å². The molecular formula is C24H17Cl. The molecule has 0 heterocycles. The normalized spacial score (nSPS) is 13.4. The van der Waals surface area contributed by atoms with Crippen molar-refractivity contribution in [3.05, 3.63) is 108 Å². The molecule has 120 valence electrons. The third kappa shape index (κ3) is 3.22. The van der Waals surface area contributed by atoms with Crippen molar-refractivity contribution < 1.29 is 6.85 Å². The van der Waals surface area contributed by atoms with Crippen molar-refractivity contribution in [2.45, 2.75) is 0 Å². The summed E-state index contributed by atoms with van der Waals surface area (Å²) in [6.45, 7) is 0. The predicted molar refractivity (Wildman–Crippen MR) is 108 cm³/mol. The van der Waals surface area contributed by atoms with Crippen LogP contribution < -0.4 is 0 Å². The topological polar surface area (TPSA) is 0 Å². The summed E-state index contributed by atoms with van der Waals surface area (Å²) in [6.07, 6.45) is 0. The van der Waals surface area contributed by atoms with Gasteiger partial charge in [0.15, 0.2) is 0 Å². The highest BCUT2D eigenvalue weighted by Crippen LogP contribution is 2.40. The monoisotopic (exact) mass is 345 g/mol. The van der Waals surface area contributed by atoms with E-state index < -0.39 is 6.04 Å². The van der Waals surface area contributed by atoms with Gasteiger partial charge in [0.2, 0.25) is 0 Å². The van der Waals surface area contributed by atoms with Crippen molar-refractivity contribution in [1.29, 1.82) is 0 Å². The van der Waals surface area contributed by atoms with E-state index in [2.05, 4.69) is 0 Å². The molecular weight excluding hydrogens is 324 g/mol. The van der Waals surface area contributed by atoms with E-state index in [-0.39, 0.29) is 29.7 Å². The molecule has 0 spiro atoms. The molecule has 25 heavy (non-hydrogen) atoms. The van der Waals surface area contributed by atoms with E-state index in [1.807, 2.05) is 72.8 Å². The number of benzene rings is 4. The number of rotatable bonds is 3. The predicted octanol–water partition coefficient (Wildman–Crippen LogP) is 7.34. The summed E-state index contributed by atoms with van der Waals surface area (Å²) in [5.41, 5.74) is 3.82. The van der Waals surface area contributed by atoms with Gasteiger partial charge in [-0.05, 0) is 39.9 Å². The molecule has 0 unspecified atom stereocenters. The van der Waals surface area contributed by atoms with Gasteiger partial charge in [-0.25, -0.2) is 0 Å². The van der Waals surface area contributed by atoms with Gasteiger partial charge in [-0.1, -0.05) is 102 Å². The molecule has 0 aliphatic heterocycles. The van der Waals surface area contributed by atoms with Gasteiger partial charge in [-0.3, -0.25) is 0 Å². The molecule has 0 bridgehead atoms. The molecule has 0 saturated carbocycles. The average Bonchev–Trinajstić information content (AvgIpc) is 2.77. The molecule has 4 aromatic carbocycles. The smallest absolute Gasteiger partial charge is 0.0629 e. The van der Waals surface area contributed by atoms with Crippen LogP contribution in [0.1, 0.15) is 6.85 Å². The second-order valence-electron chi connectivity index (χ2n) is 5.61. The first-order chi connectivity index (χ1) is 14.4. The Bertz CT molecular complexity index is 1210. The molecule has 4 rings (SSSR count). The highest BCUT2D eigenvalue weighted by atomic mass is 35.5. The van der Waals surface area contributed by atoms with Crippen molar-refractivity contribution in [2.24, 2.45) is 0 Å². The van der Waals surface area contributed by atoms with Crippen LogP contribution in [0.2, 0.25) is 5.02 Å². The Morgan fingerprint density at radius 1 is 0.600 bits per heavy atom. The van der Waals surface area contributed by atoms with Crippen LogP contribution in [0.5, 0.6) is 0 Å². The van der Waals surface area contributed by atoms with Crippen LogP contribution in [0.3, 0.4) is 0 Å². The molecule has 0 N–H and O–H groups in total. The molecule has 0 atom stereocenters. The lowest BCUT2D eigenvalue weighted by Crippen LogP contribution is -1.89. The van der Waals surface area contributed by atoms with E-state index in [1.54, 1.807) is 0 Å². The molecule has 0 aromatic heterocycles. The van der Waals surface area contributed by atoms with Crippen molar-refractivity contribution in [3.8, 4) is 33.4 Å².